The molecular formula is C6H10N2O3. The van der Waals surface area contributed by atoms with Crippen LogP contribution in [0.4, 0.5) is 4.79 Å². The monoisotopic (exact) mass is 158 g/mol. The van der Waals surface area contributed by atoms with Crippen molar-refractivity contribution in [2.24, 2.45) is 0 Å². The van der Waals surface area contributed by atoms with E-state index in [0.29, 0.717) is 19.5 Å². The Morgan fingerprint density at radius 1 is 1.64 bits per heavy atom. The van der Waals surface area contributed by atoms with Crippen LogP contribution in [0.1, 0.15) is 6.42 Å². The first-order valence-electron chi connectivity index (χ1n) is 3.45. The van der Waals surface area contributed by atoms with E-state index in [-0.39, 0.29) is 12.5 Å². The zero-order chi connectivity index (χ0) is 8.27. The van der Waals surface area contributed by atoms with Gasteiger partial charge in [-0.05, 0) is 6.42 Å². The fourth-order valence-electron chi connectivity index (χ4n) is 0.969. The summed E-state index contributed by atoms with van der Waals surface area (Å²) in [6, 6.07) is 0. The van der Waals surface area contributed by atoms with Crippen molar-refractivity contribution in [2.75, 3.05) is 19.6 Å². The third-order valence-corrected chi connectivity index (χ3v) is 1.53. The van der Waals surface area contributed by atoms with E-state index in [1.165, 1.54) is 0 Å². The van der Waals surface area contributed by atoms with Crippen LogP contribution in [-0.2, 0) is 4.79 Å². The van der Waals surface area contributed by atoms with Crippen LogP contribution in [0.3, 0.4) is 0 Å². The highest BCUT2D eigenvalue weighted by atomic mass is 16.4. The highest BCUT2D eigenvalue weighted by Gasteiger charge is 2.17. The molecule has 5 heteroatoms. The first-order chi connectivity index (χ1) is 5.20. The second-order valence-corrected chi connectivity index (χ2v) is 2.41. The summed E-state index contributed by atoms with van der Waals surface area (Å²) in [5.74, 6) is -0.218. The van der Waals surface area contributed by atoms with Crippen molar-refractivity contribution in [3.63, 3.8) is 0 Å². The van der Waals surface area contributed by atoms with E-state index >= 15 is 0 Å². The maximum absolute atomic E-state index is 10.8. The standard InChI is InChI=1S/C6H10N2O3/c9-5-4-8(6(10)11)3-1-2-7-5/h1-4H2,(H,7,9)(H,10,11). The maximum atomic E-state index is 10.8. The molecule has 2 amide bonds. The van der Waals surface area contributed by atoms with E-state index < -0.39 is 6.09 Å². The quantitative estimate of drug-likeness (QED) is 0.498. The zero-order valence-corrected chi connectivity index (χ0v) is 6.04. The predicted octanol–water partition coefficient (Wildman–Crippen LogP) is -0.514. The number of rotatable bonds is 0. The average molecular weight is 158 g/mol. The normalized spacial score (nSPS) is 18.9. The molecule has 62 valence electrons. The number of nitrogens with zero attached hydrogens (tertiary/aromatic N) is 1. The molecule has 1 fully saturated rings. The van der Waals surface area contributed by atoms with E-state index in [1.807, 2.05) is 0 Å². The highest BCUT2D eigenvalue weighted by Crippen LogP contribution is 1.95. The van der Waals surface area contributed by atoms with Crippen molar-refractivity contribution in [3.05, 3.63) is 0 Å². The molecular weight excluding hydrogens is 148 g/mol. The van der Waals surface area contributed by atoms with Gasteiger partial charge in [-0.2, -0.15) is 0 Å². The van der Waals surface area contributed by atoms with Crippen molar-refractivity contribution < 1.29 is 14.7 Å². The molecule has 11 heavy (non-hydrogen) atoms. The minimum Gasteiger partial charge on any atom is -0.465 e. The minimum atomic E-state index is -1.03. The van der Waals surface area contributed by atoms with Gasteiger partial charge >= 0.3 is 6.09 Å². The van der Waals surface area contributed by atoms with Gasteiger partial charge in [0.2, 0.25) is 5.91 Å². The Hall–Kier alpha value is -1.26. The van der Waals surface area contributed by atoms with Gasteiger partial charge in [-0.3, -0.25) is 9.69 Å². The third kappa shape index (κ3) is 2.10. The highest BCUT2D eigenvalue weighted by molar-refractivity contribution is 5.82. The fraction of sp³-hybridized carbons (Fsp3) is 0.667. The van der Waals surface area contributed by atoms with E-state index in [2.05, 4.69) is 5.32 Å². The van der Waals surface area contributed by atoms with E-state index in [9.17, 15) is 9.59 Å². The number of carbonyl (C=O) groups is 2. The SMILES string of the molecule is O=C1CN(C(=O)O)CCCN1. The van der Waals surface area contributed by atoms with Crippen LogP contribution in [0.25, 0.3) is 0 Å². The Balaban J connectivity index is 2.52. The van der Waals surface area contributed by atoms with Crippen LogP contribution in [0.15, 0.2) is 0 Å². The van der Waals surface area contributed by atoms with Gasteiger partial charge in [0.05, 0.1) is 0 Å². The van der Waals surface area contributed by atoms with Gasteiger partial charge in [-0.15, -0.1) is 0 Å². The molecule has 1 aliphatic rings. The molecule has 0 aliphatic carbocycles. The molecule has 0 aromatic heterocycles. The molecule has 0 atom stereocenters. The summed E-state index contributed by atoms with van der Waals surface area (Å²) in [5.41, 5.74) is 0. The summed E-state index contributed by atoms with van der Waals surface area (Å²) in [5, 5.41) is 11.1. The molecule has 0 aromatic carbocycles. The molecule has 2 N–H and O–H groups in total. The van der Waals surface area contributed by atoms with Crippen LogP contribution >= 0.6 is 0 Å². The van der Waals surface area contributed by atoms with E-state index in [4.69, 9.17) is 5.11 Å². The Labute approximate surface area is 64.0 Å². The lowest BCUT2D eigenvalue weighted by atomic mass is 10.4. The lowest BCUT2D eigenvalue weighted by molar-refractivity contribution is -0.121. The van der Waals surface area contributed by atoms with Crippen LogP contribution in [0.2, 0.25) is 0 Å². The molecule has 0 saturated carbocycles. The summed E-state index contributed by atoms with van der Waals surface area (Å²) in [7, 11) is 0. The Morgan fingerprint density at radius 2 is 2.36 bits per heavy atom. The molecule has 1 saturated heterocycles. The number of hydrogen-bond acceptors (Lipinski definition) is 2. The zero-order valence-electron chi connectivity index (χ0n) is 6.04. The first-order valence-corrected chi connectivity index (χ1v) is 3.45. The summed E-state index contributed by atoms with van der Waals surface area (Å²) >= 11 is 0. The van der Waals surface area contributed by atoms with Gasteiger partial charge in [0.25, 0.3) is 0 Å². The van der Waals surface area contributed by atoms with Crippen LogP contribution in [-0.4, -0.2) is 41.6 Å². The maximum Gasteiger partial charge on any atom is 0.407 e. The molecule has 1 rings (SSSR count). The molecule has 0 bridgehead atoms. The second-order valence-electron chi connectivity index (χ2n) is 2.41. The Kier molecular flexibility index (Phi) is 2.30. The minimum absolute atomic E-state index is 0.0324. The lowest BCUT2D eigenvalue weighted by Crippen LogP contribution is -2.36. The van der Waals surface area contributed by atoms with Crippen LogP contribution < -0.4 is 5.32 Å². The first kappa shape index (κ1) is 7.84. The topological polar surface area (TPSA) is 69.6 Å². The van der Waals surface area contributed by atoms with Gasteiger partial charge in [-0.1, -0.05) is 0 Å². The Bertz CT molecular complexity index is 181. The lowest BCUT2D eigenvalue weighted by Gasteiger charge is -2.13. The van der Waals surface area contributed by atoms with Crippen molar-refractivity contribution >= 4 is 12.0 Å². The molecule has 0 spiro atoms. The Morgan fingerprint density at radius 3 is 3.00 bits per heavy atom. The number of hydrogen-bond donors (Lipinski definition) is 2. The van der Waals surface area contributed by atoms with Gasteiger partial charge in [0.15, 0.2) is 0 Å². The third-order valence-electron chi connectivity index (χ3n) is 1.53. The molecule has 0 unspecified atom stereocenters. The van der Waals surface area contributed by atoms with Gasteiger partial charge < -0.3 is 10.4 Å². The average Bonchev–Trinajstić information content (AvgIpc) is 2.13. The second kappa shape index (κ2) is 3.23. The van der Waals surface area contributed by atoms with E-state index in [0.717, 1.165) is 4.90 Å². The molecule has 5 nitrogen and oxygen atoms in total. The van der Waals surface area contributed by atoms with E-state index in [1.54, 1.807) is 0 Å². The van der Waals surface area contributed by atoms with Gasteiger partial charge in [0.1, 0.15) is 6.54 Å². The molecule has 0 radical (unpaired) electrons. The van der Waals surface area contributed by atoms with Crippen LogP contribution in [0, 0.1) is 0 Å². The summed E-state index contributed by atoms with van der Waals surface area (Å²) in [4.78, 5) is 22.3. The summed E-state index contributed by atoms with van der Waals surface area (Å²) in [6.45, 7) is 0.978. The van der Waals surface area contributed by atoms with Gasteiger partial charge in [0, 0.05) is 13.1 Å². The summed E-state index contributed by atoms with van der Waals surface area (Å²) in [6.07, 6.45) is -0.333. The van der Waals surface area contributed by atoms with Crippen molar-refractivity contribution in [2.45, 2.75) is 6.42 Å². The number of carboxylic acid groups (broad SMARTS) is 1. The van der Waals surface area contributed by atoms with Crippen LogP contribution in [0.5, 0.6) is 0 Å². The summed E-state index contributed by atoms with van der Waals surface area (Å²) < 4.78 is 0. The number of nitrogens with one attached hydrogen (secondary N) is 1. The molecule has 0 aromatic rings. The fourth-order valence-corrected chi connectivity index (χ4v) is 0.969. The molecule has 1 heterocycles. The largest absolute Gasteiger partial charge is 0.465 e. The van der Waals surface area contributed by atoms with Crippen molar-refractivity contribution in [1.82, 2.24) is 10.2 Å². The number of amides is 2. The smallest absolute Gasteiger partial charge is 0.407 e. The molecule has 1 aliphatic heterocycles. The number of carbonyl (C=O) groups excluding carboxylic acids is 1. The predicted molar refractivity (Wildman–Crippen MR) is 37.2 cm³/mol. The van der Waals surface area contributed by atoms with Crippen molar-refractivity contribution in [1.29, 1.82) is 0 Å². The van der Waals surface area contributed by atoms with Crippen molar-refractivity contribution in [3.8, 4) is 0 Å². The van der Waals surface area contributed by atoms with Gasteiger partial charge in [-0.25, -0.2) is 4.79 Å².